The van der Waals surface area contributed by atoms with Crippen molar-refractivity contribution in [1.29, 1.82) is 0 Å². The van der Waals surface area contributed by atoms with Crippen LogP contribution in [-0.4, -0.2) is 9.97 Å². The molecular formula is C140H99N5O5. The van der Waals surface area contributed by atoms with Crippen molar-refractivity contribution in [2.24, 2.45) is 0 Å². The van der Waals surface area contributed by atoms with Crippen LogP contribution in [0.1, 0.15) is 99.9 Å². The van der Waals surface area contributed by atoms with E-state index in [0.29, 0.717) is 0 Å². The molecule has 150 heavy (non-hydrogen) atoms. The van der Waals surface area contributed by atoms with E-state index in [1.54, 1.807) is 0 Å². The third-order valence-corrected chi connectivity index (χ3v) is 32.7. The third-order valence-electron chi connectivity index (χ3n) is 32.7. The number of furan rings is 5. The molecule has 714 valence electrons. The second kappa shape index (κ2) is 33.5. The predicted molar refractivity (Wildman–Crippen MR) is 619 cm³/mol. The van der Waals surface area contributed by atoms with Gasteiger partial charge in [-0.2, -0.15) is 0 Å². The first-order chi connectivity index (χ1) is 73.4. The Bertz CT molecular complexity index is 10300. The Morgan fingerprint density at radius 1 is 0.200 bits per heavy atom. The number of pyridine rings is 2. The maximum Gasteiger partial charge on any atom is 0.159 e. The fourth-order valence-electron chi connectivity index (χ4n) is 25.6. The van der Waals surface area contributed by atoms with E-state index in [2.05, 4.69) is 438 Å². The van der Waals surface area contributed by atoms with Gasteiger partial charge in [-0.1, -0.05) is 341 Å². The van der Waals surface area contributed by atoms with E-state index in [0.717, 1.165) is 183 Å². The summed E-state index contributed by atoms with van der Waals surface area (Å²) in [5.41, 5.74) is 46.1. The zero-order chi connectivity index (χ0) is 100. The summed E-state index contributed by atoms with van der Waals surface area (Å²) >= 11 is 0. The standard InChI is InChI=1S/C52H39NO.C47H36N2O.C41H24N2O3/c1-51(2)43-19-9-7-16-38(43)41-30-42-39-28-27-35(29-44(39)52(3,4)46(42)31-45(41)51)53(47-20-12-22-49-50(47)40-17-8-10-21-48(40)54-49)34-25-23-33(24-26-34)37-18-11-14-32-13-5-6-15-36(32)37;1-46(2)37-18-7-5-16-36(37)43-38(46)25-24-34-32-23-22-31(28-39(32)47(3,4)44(34)43)49(30-14-11-13-29(27-30)40-19-9-10-26-48-40)41-20-12-17-35-33-15-6-8-21-42(33)50-45(35)41;1-3-16-34-29(10-1)30-13-7-15-33(41(30)45-34)43(26-20-22-42-23-21-26)27-9-5-8-25(24-27)28-12-6-14-32-39-37(46-40(28)32)19-18-36-38(39)31-11-2-4-17-35(31)44-36/h5-31H,1-4H3;5-28H,1-4H3;1-24H. The molecule has 0 saturated carbocycles. The first kappa shape index (κ1) is 87.9. The lowest BCUT2D eigenvalue weighted by molar-refractivity contribution is 0.639. The van der Waals surface area contributed by atoms with Crippen molar-refractivity contribution in [1.82, 2.24) is 9.97 Å². The Labute approximate surface area is 867 Å². The highest BCUT2D eigenvalue weighted by Gasteiger charge is 2.47. The van der Waals surface area contributed by atoms with Crippen LogP contribution in [0.2, 0.25) is 0 Å². The fourth-order valence-corrected chi connectivity index (χ4v) is 25.6. The van der Waals surface area contributed by atoms with Crippen LogP contribution in [0.3, 0.4) is 0 Å². The molecule has 0 unspecified atom stereocenters. The lowest BCUT2D eigenvalue weighted by Gasteiger charge is -2.29. The number of hydrogen-bond donors (Lipinski definition) is 0. The summed E-state index contributed by atoms with van der Waals surface area (Å²) in [4.78, 5) is 16.0. The summed E-state index contributed by atoms with van der Waals surface area (Å²) < 4.78 is 32.4. The largest absolute Gasteiger partial charge is 0.456 e. The summed E-state index contributed by atoms with van der Waals surface area (Å²) in [7, 11) is 0. The Morgan fingerprint density at radius 2 is 0.613 bits per heavy atom. The lowest BCUT2D eigenvalue weighted by Crippen LogP contribution is -2.19. The van der Waals surface area contributed by atoms with Crippen LogP contribution in [0.25, 0.3) is 198 Å². The van der Waals surface area contributed by atoms with Crippen LogP contribution in [0.5, 0.6) is 0 Å². The molecule has 7 aromatic heterocycles. The second-order valence-electron chi connectivity index (χ2n) is 42.5. The van der Waals surface area contributed by atoms with Gasteiger partial charge in [-0.15, -0.1) is 0 Å². The van der Waals surface area contributed by atoms with E-state index in [4.69, 9.17) is 22.1 Å². The van der Waals surface area contributed by atoms with Crippen molar-refractivity contribution in [3.63, 3.8) is 0 Å². The van der Waals surface area contributed by atoms with Crippen molar-refractivity contribution < 1.29 is 22.1 Å². The molecule has 0 fully saturated rings. The highest BCUT2D eigenvalue weighted by Crippen LogP contribution is 2.63. The minimum absolute atomic E-state index is 0.0436. The average Bonchev–Trinajstić information content (AvgIpc) is 1.52. The third kappa shape index (κ3) is 13.4. The van der Waals surface area contributed by atoms with Crippen molar-refractivity contribution in [3.05, 3.63) is 500 Å². The number of hydrogen-bond acceptors (Lipinski definition) is 10. The van der Waals surface area contributed by atoms with Crippen LogP contribution in [0.4, 0.5) is 51.2 Å². The molecule has 10 heteroatoms. The Balaban J connectivity index is 0.000000106. The SMILES string of the molecule is CC1(C)c2ccccc2-c2c1ccc1c2C(C)(C)c2cc(N(c3cccc(-c4ccccn4)c3)c3cccc4c3oc3ccccc34)ccc2-1.CC1(C)c2ccccc2-c2cc3c(cc21)C(C)(C)c1cc(N(c2ccc(-c4cccc5ccccc45)cc2)c2cccc4oc5ccccc5c24)ccc1-3.c1cc(-c2cccc3c2oc2ccc4oc5ccccc5c4c23)cc(N(c2ccncc2)c2cccc3c2oc2ccccc23)c1. The summed E-state index contributed by atoms with van der Waals surface area (Å²) in [6.07, 6.45) is 5.49. The molecular weight excluding hydrogens is 1830 g/mol. The minimum Gasteiger partial charge on any atom is -0.456 e. The molecule has 10 nitrogen and oxygen atoms in total. The number of fused-ring (bicyclic) bond motifs is 30. The van der Waals surface area contributed by atoms with Crippen molar-refractivity contribution in [3.8, 4) is 78.0 Å². The zero-order valence-electron chi connectivity index (χ0n) is 84.1. The Kier molecular flexibility index (Phi) is 19.6. The summed E-state index contributed by atoms with van der Waals surface area (Å²) in [5, 5.41) is 13.5. The Hall–Kier alpha value is -18.6. The number of benzene rings is 20. The van der Waals surface area contributed by atoms with E-state index in [9.17, 15) is 0 Å². The van der Waals surface area contributed by atoms with Gasteiger partial charge in [0, 0.05) is 134 Å². The van der Waals surface area contributed by atoms with Crippen molar-refractivity contribution >= 4 is 172 Å². The minimum atomic E-state index is -0.216. The molecule has 27 aromatic rings. The van der Waals surface area contributed by atoms with E-state index >= 15 is 0 Å². The topological polar surface area (TPSA) is 101 Å². The van der Waals surface area contributed by atoms with Gasteiger partial charge in [0.1, 0.15) is 44.7 Å². The quantitative estimate of drug-likeness (QED) is 0.118. The zero-order valence-corrected chi connectivity index (χ0v) is 84.1. The summed E-state index contributed by atoms with van der Waals surface area (Å²) in [6, 6.07) is 156. The first-order valence-electron chi connectivity index (χ1n) is 51.8. The molecule has 0 saturated heterocycles. The molecule has 0 radical (unpaired) electrons. The molecule has 4 aliphatic carbocycles. The number of nitrogens with zero attached hydrogens (tertiary/aromatic N) is 5. The van der Waals surface area contributed by atoms with E-state index in [1.165, 1.54) is 111 Å². The monoisotopic (exact) mass is 1930 g/mol. The van der Waals surface area contributed by atoms with Gasteiger partial charge >= 0.3 is 0 Å². The fraction of sp³-hybridized carbons (Fsp3) is 0.0857. The van der Waals surface area contributed by atoms with Gasteiger partial charge in [-0.3, -0.25) is 9.97 Å². The molecule has 0 aliphatic heterocycles. The number of para-hydroxylation sites is 7. The lowest BCUT2D eigenvalue weighted by atomic mass is 9.77. The smallest absolute Gasteiger partial charge is 0.159 e. The summed E-state index contributed by atoms with van der Waals surface area (Å²) in [5.74, 6) is 0. The summed E-state index contributed by atoms with van der Waals surface area (Å²) in [6.45, 7) is 19.1. The van der Waals surface area contributed by atoms with Gasteiger partial charge in [0.15, 0.2) is 11.2 Å². The Morgan fingerprint density at radius 3 is 1.28 bits per heavy atom. The highest BCUT2D eigenvalue weighted by atomic mass is 16.3. The van der Waals surface area contributed by atoms with Crippen molar-refractivity contribution in [2.45, 2.75) is 77.0 Å². The number of anilines is 9. The first-order valence-corrected chi connectivity index (χ1v) is 51.8. The molecule has 0 spiro atoms. The van der Waals surface area contributed by atoms with Crippen LogP contribution in [0.15, 0.2) is 477 Å². The number of rotatable bonds is 12. The second-order valence-corrected chi connectivity index (χ2v) is 42.5. The maximum atomic E-state index is 6.66. The van der Waals surface area contributed by atoms with Crippen molar-refractivity contribution in [2.75, 3.05) is 14.7 Å². The molecule has 0 N–H and O–H groups in total. The molecule has 0 amide bonds. The van der Waals surface area contributed by atoms with Crippen LogP contribution in [-0.2, 0) is 21.7 Å². The van der Waals surface area contributed by atoms with E-state index in [1.807, 2.05) is 97.5 Å². The van der Waals surface area contributed by atoms with Gasteiger partial charge < -0.3 is 36.8 Å². The normalized spacial score (nSPS) is 13.8. The van der Waals surface area contributed by atoms with Crippen LogP contribution in [0, 0.1) is 0 Å². The van der Waals surface area contributed by atoms with Gasteiger partial charge in [-0.05, 0) is 268 Å². The van der Waals surface area contributed by atoms with Gasteiger partial charge in [-0.25, -0.2) is 0 Å². The molecule has 31 rings (SSSR count). The predicted octanol–water partition coefficient (Wildman–Crippen LogP) is 39.1. The van der Waals surface area contributed by atoms with Crippen LogP contribution < -0.4 is 14.7 Å². The molecule has 20 aromatic carbocycles. The highest BCUT2D eigenvalue weighted by molar-refractivity contribution is 6.27. The average molecular weight is 1930 g/mol. The van der Waals surface area contributed by atoms with Gasteiger partial charge in [0.25, 0.3) is 0 Å². The molecule has 0 bridgehead atoms. The molecule has 4 aliphatic rings. The maximum absolute atomic E-state index is 6.66. The van der Waals surface area contributed by atoms with Gasteiger partial charge in [0.2, 0.25) is 0 Å². The molecule has 0 atom stereocenters. The van der Waals surface area contributed by atoms with Crippen LogP contribution >= 0.6 is 0 Å². The number of aromatic nitrogens is 2. The molecule has 7 heterocycles. The van der Waals surface area contributed by atoms with Gasteiger partial charge in [0.05, 0.1) is 28.1 Å². The van der Waals surface area contributed by atoms with E-state index in [-0.39, 0.29) is 21.7 Å². The van der Waals surface area contributed by atoms with E-state index < -0.39 is 0 Å².